The summed E-state index contributed by atoms with van der Waals surface area (Å²) in [5, 5.41) is 28.6. The average Bonchev–Trinajstić information content (AvgIpc) is 2.64. The summed E-state index contributed by atoms with van der Waals surface area (Å²) in [5.41, 5.74) is 2.94. The molecule has 2 rings (SSSR count). The van der Waals surface area contributed by atoms with E-state index in [4.69, 9.17) is 5.21 Å². The standard InChI is InChI=1S/C17H18N4O4/c1-11(22)15(17(24)21-25)18-16(23)12-7-9-14(10-8-12)20-19-13-5-3-2-4-6-13/h2-11,15,22,25H,1H3,(H,18,23)(H,21,24)/b20-19+/t11-,15+/m1/s1. The number of hydrogen-bond donors (Lipinski definition) is 4. The topological polar surface area (TPSA) is 123 Å². The summed E-state index contributed by atoms with van der Waals surface area (Å²) in [6.07, 6.45) is -1.17. The molecule has 4 N–H and O–H groups in total. The summed E-state index contributed by atoms with van der Waals surface area (Å²) in [5.74, 6) is -1.47. The van der Waals surface area contributed by atoms with Crippen LogP contribution in [0.5, 0.6) is 0 Å². The molecular weight excluding hydrogens is 324 g/mol. The molecular formula is C17H18N4O4. The predicted octanol–water partition coefficient (Wildman–Crippen LogP) is 2.09. The SMILES string of the molecule is C[C@@H](O)[C@H](NC(=O)c1ccc(/N=N/c2ccccc2)cc1)C(=O)NO. The minimum absolute atomic E-state index is 0.273. The second-order valence-electron chi connectivity index (χ2n) is 5.25. The first kappa shape index (κ1) is 18.2. The van der Waals surface area contributed by atoms with Crippen LogP contribution in [-0.4, -0.2) is 34.3 Å². The van der Waals surface area contributed by atoms with Crippen molar-refractivity contribution in [2.75, 3.05) is 0 Å². The molecule has 0 radical (unpaired) electrons. The average molecular weight is 342 g/mol. The molecule has 2 aromatic rings. The molecule has 0 aliphatic heterocycles. The lowest BCUT2D eigenvalue weighted by molar-refractivity contribution is -0.133. The van der Waals surface area contributed by atoms with E-state index in [9.17, 15) is 14.7 Å². The van der Waals surface area contributed by atoms with Crippen molar-refractivity contribution in [3.05, 3.63) is 60.2 Å². The van der Waals surface area contributed by atoms with Crippen molar-refractivity contribution < 1.29 is 19.9 Å². The van der Waals surface area contributed by atoms with Gasteiger partial charge in [-0.05, 0) is 43.3 Å². The van der Waals surface area contributed by atoms with Crippen LogP contribution in [0.4, 0.5) is 11.4 Å². The highest BCUT2D eigenvalue weighted by Gasteiger charge is 2.25. The van der Waals surface area contributed by atoms with Crippen molar-refractivity contribution in [1.29, 1.82) is 0 Å². The van der Waals surface area contributed by atoms with Gasteiger partial charge in [0.05, 0.1) is 17.5 Å². The van der Waals surface area contributed by atoms with Gasteiger partial charge in [-0.25, -0.2) is 5.48 Å². The maximum atomic E-state index is 12.1. The summed E-state index contributed by atoms with van der Waals surface area (Å²) in [4.78, 5) is 23.6. The van der Waals surface area contributed by atoms with E-state index < -0.39 is 24.0 Å². The molecule has 130 valence electrons. The lowest BCUT2D eigenvalue weighted by Crippen LogP contribution is -2.51. The number of benzene rings is 2. The zero-order valence-corrected chi connectivity index (χ0v) is 13.5. The Hall–Kier alpha value is -3.10. The van der Waals surface area contributed by atoms with Gasteiger partial charge in [0.1, 0.15) is 6.04 Å². The molecule has 0 aliphatic carbocycles. The third-order valence-electron chi connectivity index (χ3n) is 3.33. The number of nitrogens with zero attached hydrogens (tertiary/aromatic N) is 2. The van der Waals surface area contributed by atoms with Crippen molar-refractivity contribution in [3.8, 4) is 0 Å². The molecule has 0 spiro atoms. The lowest BCUT2D eigenvalue weighted by Gasteiger charge is -2.19. The van der Waals surface area contributed by atoms with Crippen LogP contribution >= 0.6 is 0 Å². The van der Waals surface area contributed by atoms with Gasteiger partial charge in [0.2, 0.25) is 0 Å². The molecule has 0 aromatic heterocycles. The van der Waals surface area contributed by atoms with Gasteiger partial charge in [0.25, 0.3) is 11.8 Å². The van der Waals surface area contributed by atoms with Crippen LogP contribution in [0.25, 0.3) is 0 Å². The Morgan fingerprint density at radius 1 is 0.960 bits per heavy atom. The molecule has 0 bridgehead atoms. The largest absolute Gasteiger partial charge is 0.391 e. The van der Waals surface area contributed by atoms with Gasteiger partial charge in [-0.1, -0.05) is 18.2 Å². The Morgan fingerprint density at radius 3 is 2.04 bits per heavy atom. The highest BCUT2D eigenvalue weighted by Crippen LogP contribution is 2.18. The summed E-state index contributed by atoms with van der Waals surface area (Å²) in [6, 6.07) is 14.2. The number of nitrogens with one attached hydrogen (secondary N) is 2. The second-order valence-corrected chi connectivity index (χ2v) is 5.25. The van der Waals surface area contributed by atoms with E-state index in [0.717, 1.165) is 0 Å². The fourth-order valence-electron chi connectivity index (χ4n) is 1.99. The third-order valence-corrected chi connectivity index (χ3v) is 3.33. The van der Waals surface area contributed by atoms with Crippen LogP contribution in [0.3, 0.4) is 0 Å². The quantitative estimate of drug-likeness (QED) is 0.364. The number of azo groups is 1. The minimum Gasteiger partial charge on any atom is -0.391 e. The number of amides is 2. The van der Waals surface area contributed by atoms with Gasteiger partial charge in [0.15, 0.2) is 0 Å². The van der Waals surface area contributed by atoms with Crippen molar-refractivity contribution in [3.63, 3.8) is 0 Å². The molecule has 2 aromatic carbocycles. The highest BCUT2D eigenvalue weighted by molar-refractivity contribution is 5.97. The first-order chi connectivity index (χ1) is 12.0. The molecule has 0 fully saturated rings. The molecule has 0 saturated carbocycles. The van der Waals surface area contributed by atoms with Gasteiger partial charge in [0, 0.05) is 5.56 Å². The number of hydrogen-bond acceptors (Lipinski definition) is 6. The number of carbonyl (C=O) groups is 2. The molecule has 25 heavy (non-hydrogen) atoms. The van der Waals surface area contributed by atoms with Crippen molar-refractivity contribution in [1.82, 2.24) is 10.8 Å². The fourth-order valence-corrected chi connectivity index (χ4v) is 1.99. The Labute approximate surface area is 144 Å². The monoisotopic (exact) mass is 342 g/mol. The van der Waals surface area contributed by atoms with Gasteiger partial charge in [-0.2, -0.15) is 10.2 Å². The van der Waals surface area contributed by atoms with Crippen LogP contribution in [0, 0.1) is 0 Å². The van der Waals surface area contributed by atoms with E-state index in [1.165, 1.54) is 24.5 Å². The Morgan fingerprint density at radius 2 is 1.52 bits per heavy atom. The third kappa shape index (κ3) is 5.20. The minimum atomic E-state index is -1.27. The number of aliphatic hydroxyl groups is 1. The Bertz CT molecular complexity index is 745. The fraction of sp³-hybridized carbons (Fsp3) is 0.176. The van der Waals surface area contributed by atoms with Crippen LogP contribution in [-0.2, 0) is 4.79 Å². The maximum Gasteiger partial charge on any atom is 0.268 e. The Balaban J connectivity index is 2.04. The van der Waals surface area contributed by atoms with Gasteiger partial charge in [-0.3, -0.25) is 14.8 Å². The highest BCUT2D eigenvalue weighted by atomic mass is 16.5. The number of carbonyl (C=O) groups excluding carboxylic acids is 2. The molecule has 8 heteroatoms. The number of hydroxylamine groups is 1. The first-order valence-corrected chi connectivity index (χ1v) is 7.51. The van der Waals surface area contributed by atoms with Crippen molar-refractivity contribution in [2.24, 2.45) is 10.2 Å². The molecule has 8 nitrogen and oxygen atoms in total. The van der Waals surface area contributed by atoms with Crippen LogP contribution < -0.4 is 10.8 Å². The smallest absolute Gasteiger partial charge is 0.268 e. The number of rotatable bonds is 6. The molecule has 0 heterocycles. The van der Waals surface area contributed by atoms with E-state index in [1.807, 2.05) is 30.3 Å². The normalized spacial score (nSPS) is 13.2. The zero-order valence-electron chi connectivity index (χ0n) is 13.5. The van der Waals surface area contributed by atoms with E-state index in [0.29, 0.717) is 11.4 Å². The number of aliphatic hydroxyl groups excluding tert-OH is 1. The predicted molar refractivity (Wildman–Crippen MR) is 89.9 cm³/mol. The van der Waals surface area contributed by atoms with Gasteiger partial charge < -0.3 is 10.4 Å². The summed E-state index contributed by atoms with van der Waals surface area (Å²) in [7, 11) is 0. The molecule has 0 aliphatic rings. The van der Waals surface area contributed by atoms with Crippen molar-refractivity contribution >= 4 is 23.2 Å². The molecule has 0 unspecified atom stereocenters. The first-order valence-electron chi connectivity index (χ1n) is 7.51. The maximum absolute atomic E-state index is 12.1. The molecule has 2 atom stereocenters. The van der Waals surface area contributed by atoms with Crippen LogP contribution in [0.2, 0.25) is 0 Å². The van der Waals surface area contributed by atoms with Crippen LogP contribution in [0.15, 0.2) is 64.8 Å². The molecule has 2 amide bonds. The van der Waals surface area contributed by atoms with Gasteiger partial charge in [-0.15, -0.1) is 0 Å². The van der Waals surface area contributed by atoms with E-state index in [2.05, 4.69) is 15.5 Å². The van der Waals surface area contributed by atoms with E-state index >= 15 is 0 Å². The Kier molecular flexibility index (Phi) is 6.33. The van der Waals surface area contributed by atoms with Gasteiger partial charge >= 0.3 is 0 Å². The summed E-state index contributed by atoms with van der Waals surface area (Å²) in [6.45, 7) is 1.33. The second kappa shape index (κ2) is 8.67. The van der Waals surface area contributed by atoms with E-state index in [1.54, 1.807) is 12.1 Å². The zero-order chi connectivity index (χ0) is 18.2. The summed E-state index contributed by atoms with van der Waals surface area (Å²) >= 11 is 0. The summed E-state index contributed by atoms with van der Waals surface area (Å²) < 4.78 is 0. The van der Waals surface area contributed by atoms with E-state index in [-0.39, 0.29) is 5.56 Å². The lowest BCUT2D eigenvalue weighted by atomic mass is 10.1. The molecule has 0 saturated heterocycles. The van der Waals surface area contributed by atoms with Crippen LogP contribution in [0.1, 0.15) is 17.3 Å². The van der Waals surface area contributed by atoms with Crippen molar-refractivity contribution in [2.45, 2.75) is 19.1 Å².